The van der Waals surface area contributed by atoms with Crippen LogP contribution in [-0.4, -0.2) is 23.2 Å². The Morgan fingerprint density at radius 1 is 1.08 bits per heavy atom. The minimum atomic E-state index is -4.43. The van der Waals surface area contributed by atoms with Crippen molar-refractivity contribution < 1.29 is 26.7 Å². The van der Waals surface area contributed by atoms with Gasteiger partial charge in [0.1, 0.15) is 5.37 Å². The standard InChI is InChI=1S/C17H13F5N2OS/c18-13-6-5-12(9-14(13)19)23-16(25)24-7-8-26-15(24)10-1-3-11(4-2-10)17(20,21)22/h1-6,9,15H,7-8H2,(H,23,25)/t15-/m1/s1. The van der Waals surface area contributed by atoms with Gasteiger partial charge in [-0.15, -0.1) is 11.8 Å². The summed E-state index contributed by atoms with van der Waals surface area (Å²) >= 11 is 1.41. The van der Waals surface area contributed by atoms with Crippen LogP contribution in [0.4, 0.5) is 32.4 Å². The van der Waals surface area contributed by atoms with Crippen LogP contribution in [0.5, 0.6) is 0 Å². The van der Waals surface area contributed by atoms with Crippen LogP contribution in [0.15, 0.2) is 42.5 Å². The summed E-state index contributed by atoms with van der Waals surface area (Å²) in [5.74, 6) is -1.50. The Balaban J connectivity index is 1.75. The maximum absolute atomic E-state index is 13.2. The van der Waals surface area contributed by atoms with Crippen LogP contribution in [0.25, 0.3) is 0 Å². The molecule has 9 heteroatoms. The lowest BCUT2D eigenvalue weighted by Crippen LogP contribution is -2.34. The van der Waals surface area contributed by atoms with E-state index in [0.29, 0.717) is 17.9 Å². The van der Waals surface area contributed by atoms with Gasteiger partial charge in [0.05, 0.1) is 5.56 Å². The molecule has 1 aliphatic heterocycles. The Morgan fingerprint density at radius 2 is 1.77 bits per heavy atom. The second kappa shape index (κ2) is 7.14. The number of carbonyl (C=O) groups excluding carboxylic acids is 1. The van der Waals surface area contributed by atoms with Gasteiger partial charge in [0, 0.05) is 24.1 Å². The summed E-state index contributed by atoms with van der Waals surface area (Å²) in [7, 11) is 0. The SMILES string of the molecule is O=C(Nc1ccc(F)c(F)c1)N1CCS[C@@H]1c1ccc(C(F)(F)F)cc1. The zero-order chi connectivity index (χ0) is 18.9. The summed E-state index contributed by atoms with van der Waals surface area (Å²) in [4.78, 5) is 13.9. The van der Waals surface area contributed by atoms with Crippen molar-refractivity contribution in [2.75, 3.05) is 17.6 Å². The molecule has 1 aliphatic rings. The molecule has 1 saturated heterocycles. The molecule has 1 heterocycles. The maximum Gasteiger partial charge on any atom is 0.416 e. The molecule has 26 heavy (non-hydrogen) atoms. The van der Waals surface area contributed by atoms with Crippen LogP contribution in [0, 0.1) is 11.6 Å². The normalized spacial score (nSPS) is 17.4. The second-order valence-electron chi connectivity index (χ2n) is 5.60. The van der Waals surface area contributed by atoms with Crippen LogP contribution in [0.1, 0.15) is 16.5 Å². The van der Waals surface area contributed by atoms with Crippen molar-refractivity contribution in [3.05, 3.63) is 65.2 Å². The van der Waals surface area contributed by atoms with Crippen molar-refractivity contribution in [2.24, 2.45) is 0 Å². The Bertz CT molecular complexity index is 810. The highest BCUT2D eigenvalue weighted by Gasteiger charge is 2.33. The number of alkyl halides is 3. The highest BCUT2D eigenvalue weighted by molar-refractivity contribution is 7.99. The van der Waals surface area contributed by atoms with Gasteiger partial charge in [0.15, 0.2) is 11.6 Å². The number of thioether (sulfide) groups is 1. The maximum atomic E-state index is 13.2. The van der Waals surface area contributed by atoms with Gasteiger partial charge < -0.3 is 10.2 Å². The molecule has 1 N–H and O–H groups in total. The number of rotatable bonds is 2. The first kappa shape index (κ1) is 18.5. The molecule has 2 aromatic carbocycles. The molecule has 2 amide bonds. The lowest BCUT2D eigenvalue weighted by atomic mass is 10.1. The molecule has 138 valence electrons. The molecule has 0 aromatic heterocycles. The predicted molar refractivity (Wildman–Crippen MR) is 88.7 cm³/mol. The van der Waals surface area contributed by atoms with Crippen molar-refractivity contribution in [2.45, 2.75) is 11.6 Å². The molecule has 0 unspecified atom stereocenters. The summed E-state index contributed by atoms with van der Waals surface area (Å²) < 4.78 is 64.2. The third-order valence-electron chi connectivity index (χ3n) is 3.85. The number of carbonyl (C=O) groups is 1. The largest absolute Gasteiger partial charge is 0.416 e. The van der Waals surface area contributed by atoms with Crippen molar-refractivity contribution >= 4 is 23.5 Å². The van der Waals surface area contributed by atoms with Crippen molar-refractivity contribution in [1.82, 2.24) is 4.90 Å². The number of anilines is 1. The van der Waals surface area contributed by atoms with Gasteiger partial charge in [-0.2, -0.15) is 13.2 Å². The first-order valence-corrected chi connectivity index (χ1v) is 8.62. The van der Waals surface area contributed by atoms with Gasteiger partial charge in [-0.3, -0.25) is 0 Å². The molecule has 0 saturated carbocycles. The molecule has 0 radical (unpaired) electrons. The Hall–Kier alpha value is -2.29. The first-order valence-electron chi connectivity index (χ1n) is 7.57. The monoisotopic (exact) mass is 388 g/mol. The van der Waals surface area contributed by atoms with Crippen LogP contribution < -0.4 is 5.32 Å². The highest BCUT2D eigenvalue weighted by Crippen LogP contribution is 2.39. The van der Waals surface area contributed by atoms with Crippen LogP contribution in [0.2, 0.25) is 0 Å². The first-order chi connectivity index (χ1) is 12.3. The minimum Gasteiger partial charge on any atom is -0.308 e. The predicted octanol–water partition coefficient (Wildman–Crippen LogP) is 5.26. The van der Waals surface area contributed by atoms with E-state index < -0.39 is 34.8 Å². The number of urea groups is 1. The van der Waals surface area contributed by atoms with E-state index in [9.17, 15) is 26.7 Å². The molecule has 0 aliphatic carbocycles. The van der Waals surface area contributed by atoms with Crippen LogP contribution in [-0.2, 0) is 6.18 Å². The van der Waals surface area contributed by atoms with Gasteiger partial charge in [-0.05, 0) is 29.8 Å². The number of nitrogens with zero attached hydrogens (tertiary/aromatic N) is 1. The molecule has 2 aromatic rings. The molecule has 3 nitrogen and oxygen atoms in total. The number of amides is 2. The molecule has 3 rings (SSSR count). The van der Waals surface area contributed by atoms with Crippen LogP contribution in [0.3, 0.4) is 0 Å². The lowest BCUT2D eigenvalue weighted by Gasteiger charge is -2.24. The average Bonchev–Trinajstić information content (AvgIpc) is 3.07. The summed E-state index contributed by atoms with van der Waals surface area (Å²) in [6.45, 7) is 0.381. The van der Waals surface area contributed by atoms with E-state index in [1.165, 1.54) is 34.9 Å². The molecule has 1 atom stereocenters. The Labute approximate surface area is 150 Å². The number of nitrogens with one attached hydrogen (secondary N) is 1. The van der Waals surface area contributed by atoms with Crippen molar-refractivity contribution in [3.63, 3.8) is 0 Å². The fourth-order valence-corrected chi connectivity index (χ4v) is 3.82. The topological polar surface area (TPSA) is 32.3 Å². The Kier molecular flexibility index (Phi) is 5.08. The molecular weight excluding hydrogens is 375 g/mol. The second-order valence-corrected chi connectivity index (χ2v) is 6.78. The van der Waals surface area contributed by atoms with E-state index in [1.807, 2.05) is 0 Å². The van der Waals surface area contributed by atoms with E-state index in [0.717, 1.165) is 24.3 Å². The summed E-state index contributed by atoms with van der Waals surface area (Å²) in [5, 5.41) is 2.02. The van der Waals surface area contributed by atoms with Gasteiger partial charge >= 0.3 is 12.2 Å². The quantitative estimate of drug-likeness (QED) is 0.712. The van der Waals surface area contributed by atoms with E-state index in [4.69, 9.17) is 0 Å². The summed E-state index contributed by atoms with van der Waals surface area (Å²) in [6.07, 6.45) is -4.43. The van der Waals surface area contributed by atoms with Crippen LogP contribution >= 0.6 is 11.8 Å². The summed E-state index contributed by atoms with van der Waals surface area (Å²) in [6, 6.07) is 7.07. The number of hydrogen-bond acceptors (Lipinski definition) is 2. The zero-order valence-corrected chi connectivity index (χ0v) is 14.0. The highest BCUT2D eigenvalue weighted by atomic mass is 32.2. The average molecular weight is 388 g/mol. The third kappa shape index (κ3) is 3.92. The molecular formula is C17H13F5N2OS. The smallest absolute Gasteiger partial charge is 0.308 e. The van der Waals surface area contributed by atoms with Gasteiger partial charge in [-0.25, -0.2) is 13.6 Å². The van der Waals surface area contributed by atoms with Gasteiger partial charge in [0.25, 0.3) is 0 Å². The number of hydrogen-bond donors (Lipinski definition) is 1. The van der Waals surface area contributed by atoms with E-state index in [2.05, 4.69) is 5.32 Å². The Morgan fingerprint density at radius 3 is 2.38 bits per heavy atom. The zero-order valence-electron chi connectivity index (χ0n) is 13.2. The lowest BCUT2D eigenvalue weighted by molar-refractivity contribution is -0.137. The third-order valence-corrected chi connectivity index (χ3v) is 5.11. The molecule has 0 bridgehead atoms. The van der Waals surface area contributed by atoms with E-state index in [1.54, 1.807) is 0 Å². The van der Waals surface area contributed by atoms with Gasteiger partial charge in [0.2, 0.25) is 0 Å². The van der Waals surface area contributed by atoms with Crippen molar-refractivity contribution in [3.8, 4) is 0 Å². The van der Waals surface area contributed by atoms with Gasteiger partial charge in [-0.1, -0.05) is 12.1 Å². The number of benzene rings is 2. The van der Waals surface area contributed by atoms with E-state index >= 15 is 0 Å². The fraction of sp³-hybridized carbons (Fsp3) is 0.235. The van der Waals surface area contributed by atoms with Crippen molar-refractivity contribution in [1.29, 1.82) is 0 Å². The minimum absolute atomic E-state index is 0.0944. The molecule has 0 spiro atoms. The number of halogens is 5. The molecule has 1 fully saturated rings. The fourth-order valence-electron chi connectivity index (χ4n) is 2.56. The van der Waals surface area contributed by atoms with E-state index in [-0.39, 0.29) is 5.69 Å². The summed E-state index contributed by atoms with van der Waals surface area (Å²) in [5.41, 5.74) is -0.111.